The molecule has 0 unspecified atom stereocenters. The van der Waals surface area contributed by atoms with E-state index in [0.717, 1.165) is 6.42 Å². The van der Waals surface area contributed by atoms with Crippen LogP contribution in [0, 0.1) is 11.8 Å². The van der Waals surface area contributed by atoms with E-state index >= 15 is 0 Å². The monoisotopic (exact) mass is 154 g/mol. The minimum Gasteiger partial charge on any atom is -0.389 e. The van der Waals surface area contributed by atoms with Crippen molar-refractivity contribution in [1.82, 2.24) is 0 Å². The Labute approximate surface area is 68.8 Å². The third kappa shape index (κ3) is 1.01. The molecule has 2 aliphatic carbocycles. The number of hydrogen-bond donors (Lipinski definition) is 1. The van der Waals surface area contributed by atoms with Crippen LogP contribution in [0.1, 0.15) is 45.4 Å². The van der Waals surface area contributed by atoms with Gasteiger partial charge in [0.05, 0.1) is 5.60 Å². The van der Waals surface area contributed by atoms with Crippen molar-refractivity contribution in [2.24, 2.45) is 11.8 Å². The van der Waals surface area contributed by atoms with Crippen molar-refractivity contribution in [3.8, 4) is 0 Å². The van der Waals surface area contributed by atoms with Crippen molar-refractivity contribution in [2.75, 3.05) is 0 Å². The zero-order chi connectivity index (χ0) is 7.90. The van der Waals surface area contributed by atoms with Crippen LogP contribution < -0.4 is 0 Å². The molecule has 0 spiro atoms. The summed E-state index contributed by atoms with van der Waals surface area (Å²) in [6.07, 6.45) is 7.47. The second-order valence-corrected chi connectivity index (χ2v) is 4.41. The normalized spacial score (nSPS) is 50.7. The summed E-state index contributed by atoms with van der Waals surface area (Å²) >= 11 is 0. The molecule has 0 heterocycles. The smallest absolute Gasteiger partial charge is 0.0701 e. The standard InChI is InChI=1S/C10H18O/c1-8-4-2-5-9-6-3-7-10(8,9)11/h8-9,11H,2-7H2,1H3/t8-,9-,10+/m1/s1. The van der Waals surface area contributed by atoms with E-state index in [1.54, 1.807) is 0 Å². The predicted molar refractivity (Wildman–Crippen MR) is 45.3 cm³/mol. The first-order chi connectivity index (χ1) is 5.23. The Hall–Kier alpha value is -0.0400. The summed E-state index contributed by atoms with van der Waals surface area (Å²) in [7, 11) is 0. The lowest BCUT2D eigenvalue weighted by Crippen LogP contribution is -2.42. The van der Waals surface area contributed by atoms with Crippen LogP contribution in [-0.4, -0.2) is 10.7 Å². The fourth-order valence-electron chi connectivity index (χ4n) is 3.05. The minimum atomic E-state index is -0.252. The van der Waals surface area contributed by atoms with E-state index in [9.17, 15) is 5.11 Å². The molecule has 2 saturated carbocycles. The van der Waals surface area contributed by atoms with Crippen LogP contribution in [0.25, 0.3) is 0 Å². The van der Waals surface area contributed by atoms with Gasteiger partial charge in [0, 0.05) is 0 Å². The molecule has 0 aromatic heterocycles. The minimum absolute atomic E-state index is 0.252. The van der Waals surface area contributed by atoms with E-state index in [1.165, 1.54) is 32.1 Å². The fraction of sp³-hybridized carbons (Fsp3) is 1.00. The van der Waals surface area contributed by atoms with Crippen molar-refractivity contribution >= 4 is 0 Å². The molecule has 1 N–H and O–H groups in total. The Balaban J connectivity index is 2.17. The molecular formula is C10H18O. The van der Waals surface area contributed by atoms with Gasteiger partial charge in [-0.2, -0.15) is 0 Å². The molecule has 0 radical (unpaired) electrons. The Morgan fingerprint density at radius 3 is 2.64 bits per heavy atom. The van der Waals surface area contributed by atoms with Crippen LogP contribution in [0.15, 0.2) is 0 Å². The summed E-state index contributed by atoms with van der Waals surface area (Å²) in [6, 6.07) is 0. The molecule has 2 rings (SSSR count). The van der Waals surface area contributed by atoms with Crippen LogP contribution in [0.3, 0.4) is 0 Å². The van der Waals surface area contributed by atoms with E-state index in [1.807, 2.05) is 0 Å². The van der Waals surface area contributed by atoms with Crippen molar-refractivity contribution in [2.45, 2.75) is 51.0 Å². The van der Waals surface area contributed by atoms with Crippen LogP contribution in [0.5, 0.6) is 0 Å². The first-order valence-corrected chi connectivity index (χ1v) is 4.96. The van der Waals surface area contributed by atoms with Crippen LogP contribution in [0.4, 0.5) is 0 Å². The second kappa shape index (κ2) is 2.48. The van der Waals surface area contributed by atoms with E-state index in [-0.39, 0.29) is 5.60 Å². The molecule has 0 aromatic carbocycles. The zero-order valence-corrected chi connectivity index (χ0v) is 7.34. The van der Waals surface area contributed by atoms with Gasteiger partial charge in [-0.3, -0.25) is 0 Å². The van der Waals surface area contributed by atoms with Crippen LogP contribution in [0.2, 0.25) is 0 Å². The predicted octanol–water partition coefficient (Wildman–Crippen LogP) is 2.34. The SMILES string of the molecule is C[C@@H]1CCC[C@@H]2CCC[C@@]21O. The number of rotatable bonds is 0. The van der Waals surface area contributed by atoms with Gasteiger partial charge in [0.15, 0.2) is 0 Å². The molecular weight excluding hydrogens is 136 g/mol. The maximum Gasteiger partial charge on any atom is 0.0701 e. The first kappa shape index (κ1) is 7.60. The fourth-order valence-corrected chi connectivity index (χ4v) is 3.05. The van der Waals surface area contributed by atoms with Gasteiger partial charge in [-0.1, -0.05) is 19.8 Å². The van der Waals surface area contributed by atoms with Gasteiger partial charge in [-0.15, -0.1) is 0 Å². The Bertz CT molecular complexity index is 155. The lowest BCUT2D eigenvalue weighted by atomic mass is 9.71. The molecule has 0 saturated heterocycles. The van der Waals surface area contributed by atoms with E-state index < -0.39 is 0 Å². The molecule has 0 aliphatic heterocycles. The highest BCUT2D eigenvalue weighted by atomic mass is 16.3. The topological polar surface area (TPSA) is 20.2 Å². The Kier molecular flexibility index (Phi) is 1.71. The molecule has 2 fully saturated rings. The lowest BCUT2D eigenvalue weighted by molar-refractivity contribution is -0.0693. The van der Waals surface area contributed by atoms with Crippen molar-refractivity contribution in [3.63, 3.8) is 0 Å². The van der Waals surface area contributed by atoms with Crippen molar-refractivity contribution < 1.29 is 5.11 Å². The molecule has 0 amide bonds. The van der Waals surface area contributed by atoms with E-state index in [2.05, 4.69) is 6.92 Å². The molecule has 0 bridgehead atoms. The van der Waals surface area contributed by atoms with Crippen LogP contribution in [-0.2, 0) is 0 Å². The largest absolute Gasteiger partial charge is 0.389 e. The number of hydrogen-bond acceptors (Lipinski definition) is 1. The highest BCUT2D eigenvalue weighted by Gasteiger charge is 2.46. The average Bonchev–Trinajstić information content (AvgIpc) is 2.34. The summed E-state index contributed by atoms with van der Waals surface area (Å²) in [5.74, 6) is 1.20. The van der Waals surface area contributed by atoms with Gasteiger partial charge in [0.1, 0.15) is 0 Å². The average molecular weight is 154 g/mol. The van der Waals surface area contributed by atoms with Crippen LogP contribution >= 0.6 is 0 Å². The lowest BCUT2D eigenvalue weighted by Gasteiger charge is -2.40. The van der Waals surface area contributed by atoms with Gasteiger partial charge in [0.25, 0.3) is 0 Å². The van der Waals surface area contributed by atoms with Gasteiger partial charge in [-0.25, -0.2) is 0 Å². The third-order valence-electron chi connectivity index (χ3n) is 3.88. The molecule has 11 heavy (non-hydrogen) atoms. The van der Waals surface area contributed by atoms with E-state index in [0.29, 0.717) is 11.8 Å². The summed E-state index contributed by atoms with van der Waals surface area (Å²) in [5, 5.41) is 10.3. The van der Waals surface area contributed by atoms with Gasteiger partial charge >= 0.3 is 0 Å². The highest BCUT2D eigenvalue weighted by molar-refractivity contribution is 4.98. The number of fused-ring (bicyclic) bond motifs is 1. The molecule has 64 valence electrons. The highest BCUT2D eigenvalue weighted by Crippen LogP contribution is 2.48. The quantitative estimate of drug-likeness (QED) is 0.568. The molecule has 1 heteroatoms. The second-order valence-electron chi connectivity index (χ2n) is 4.41. The Morgan fingerprint density at radius 2 is 1.91 bits per heavy atom. The zero-order valence-electron chi connectivity index (χ0n) is 7.34. The van der Waals surface area contributed by atoms with E-state index in [4.69, 9.17) is 0 Å². The molecule has 0 aromatic rings. The Morgan fingerprint density at radius 1 is 1.18 bits per heavy atom. The number of aliphatic hydroxyl groups is 1. The van der Waals surface area contributed by atoms with Crippen molar-refractivity contribution in [1.29, 1.82) is 0 Å². The van der Waals surface area contributed by atoms with Gasteiger partial charge in [0.2, 0.25) is 0 Å². The molecule has 1 nitrogen and oxygen atoms in total. The maximum atomic E-state index is 10.3. The van der Waals surface area contributed by atoms with Crippen molar-refractivity contribution in [3.05, 3.63) is 0 Å². The first-order valence-electron chi connectivity index (χ1n) is 4.96. The third-order valence-corrected chi connectivity index (χ3v) is 3.88. The molecule has 2 aliphatic rings. The van der Waals surface area contributed by atoms with Gasteiger partial charge in [-0.05, 0) is 37.5 Å². The summed E-state index contributed by atoms with van der Waals surface area (Å²) in [6.45, 7) is 2.22. The molecule has 3 atom stereocenters. The maximum absolute atomic E-state index is 10.3. The summed E-state index contributed by atoms with van der Waals surface area (Å²) in [4.78, 5) is 0. The summed E-state index contributed by atoms with van der Waals surface area (Å²) in [5.41, 5.74) is -0.252. The summed E-state index contributed by atoms with van der Waals surface area (Å²) < 4.78 is 0. The van der Waals surface area contributed by atoms with Gasteiger partial charge < -0.3 is 5.11 Å².